The molecule has 0 fully saturated rings. The second-order valence-electron chi connectivity index (χ2n) is 7.39. The molecule has 0 unspecified atom stereocenters. The van der Waals surface area contributed by atoms with Gasteiger partial charge in [0.05, 0.1) is 23.0 Å². The number of anilines is 1. The maximum Gasteiger partial charge on any atom is 0.418 e. The van der Waals surface area contributed by atoms with Gasteiger partial charge in [0.2, 0.25) is 5.91 Å². The molecule has 0 radical (unpaired) electrons. The van der Waals surface area contributed by atoms with Crippen molar-refractivity contribution in [2.24, 2.45) is 0 Å². The third kappa shape index (κ3) is 4.25. The molecule has 5 nitrogen and oxygen atoms in total. The molecule has 0 saturated heterocycles. The van der Waals surface area contributed by atoms with E-state index in [0.717, 1.165) is 21.6 Å². The Balaban J connectivity index is 1.74. The fraction of sp³-hybridized carbons (Fsp3) is 0.174. The predicted octanol–water partition coefficient (Wildman–Crippen LogP) is 5.79. The van der Waals surface area contributed by atoms with Gasteiger partial charge in [-0.25, -0.2) is 9.37 Å². The van der Waals surface area contributed by atoms with Gasteiger partial charge in [-0.2, -0.15) is 13.2 Å². The first-order valence-electron chi connectivity index (χ1n) is 9.81. The maximum absolute atomic E-state index is 13.4. The van der Waals surface area contributed by atoms with Crippen molar-refractivity contribution in [2.75, 3.05) is 5.32 Å². The number of para-hydroxylation sites is 1. The van der Waals surface area contributed by atoms with E-state index in [4.69, 9.17) is 0 Å². The minimum absolute atomic E-state index is 0.266. The fourth-order valence-electron chi connectivity index (χ4n) is 3.56. The lowest BCUT2D eigenvalue weighted by Crippen LogP contribution is -2.32. The molecule has 33 heavy (non-hydrogen) atoms. The smallest absolute Gasteiger partial charge is 0.324 e. The molecule has 2 aromatic heterocycles. The number of alkyl halides is 3. The molecule has 1 amide bonds. The van der Waals surface area contributed by atoms with Gasteiger partial charge in [0, 0.05) is 10.4 Å². The molecule has 1 atom stereocenters. The third-order valence-corrected chi connectivity index (χ3v) is 6.25. The van der Waals surface area contributed by atoms with Crippen LogP contribution in [0.25, 0.3) is 21.3 Å². The minimum Gasteiger partial charge on any atom is -0.324 e. The summed E-state index contributed by atoms with van der Waals surface area (Å²) in [5.74, 6) is -1.22. The van der Waals surface area contributed by atoms with Crippen LogP contribution in [0.1, 0.15) is 23.4 Å². The number of hydrogen-bond acceptors (Lipinski definition) is 4. The van der Waals surface area contributed by atoms with Gasteiger partial charge in [0.1, 0.15) is 16.7 Å². The summed E-state index contributed by atoms with van der Waals surface area (Å²) in [6.07, 6.45) is -3.45. The Morgan fingerprint density at radius 2 is 1.79 bits per heavy atom. The van der Waals surface area contributed by atoms with Crippen molar-refractivity contribution in [3.63, 3.8) is 0 Å². The SMILES string of the molecule is Cc1sc2ncn([C@H](C)C(=O)Nc3ccccc3C(F)(F)F)c(=O)c2c1-c1ccc(F)cc1. The van der Waals surface area contributed by atoms with Crippen LogP contribution in [0, 0.1) is 12.7 Å². The van der Waals surface area contributed by atoms with E-state index in [9.17, 15) is 27.2 Å². The standard InChI is InChI=1S/C23H17F4N3O2S/c1-12(20(31)29-17-6-4-3-5-16(17)23(25,26)27)30-11-28-21-19(22(30)32)18(13(2)33-21)14-7-9-15(24)10-8-14/h3-12H,1-2H3,(H,29,31)/t12-/m1/s1. The number of amides is 1. The van der Waals surface area contributed by atoms with Crippen molar-refractivity contribution in [2.45, 2.75) is 26.1 Å². The van der Waals surface area contributed by atoms with Crippen LogP contribution in [-0.4, -0.2) is 15.5 Å². The third-order valence-electron chi connectivity index (χ3n) is 5.23. The molecule has 1 N–H and O–H groups in total. The van der Waals surface area contributed by atoms with Crippen LogP contribution in [0.5, 0.6) is 0 Å². The fourth-order valence-corrected chi connectivity index (χ4v) is 4.56. The summed E-state index contributed by atoms with van der Waals surface area (Å²) < 4.78 is 54.2. The highest BCUT2D eigenvalue weighted by Crippen LogP contribution is 2.36. The van der Waals surface area contributed by atoms with Crippen LogP contribution in [-0.2, 0) is 11.0 Å². The van der Waals surface area contributed by atoms with Crippen molar-refractivity contribution in [3.8, 4) is 11.1 Å². The van der Waals surface area contributed by atoms with E-state index >= 15 is 0 Å². The number of nitrogens with one attached hydrogen (secondary N) is 1. The van der Waals surface area contributed by atoms with E-state index in [1.807, 2.05) is 0 Å². The van der Waals surface area contributed by atoms with Gasteiger partial charge in [-0.3, -0.25) is 14.2 Å². The summed E-state index contributed by atoms with van der Waals surface area (Å²) in [4.78, 5) is 31.6. The number of thiophene rings is 1. The van der Waals surface area contributed by atoms with Gasteiger partial charge in [-0.1, -0.05) is 24.3 Å². The Bertz CT molecular complexity index is 1410. The number of rotatable bonds is 4. The highest BCUT2D eigenvalue weighted by atomic mass is 32.1. The molecule has 0 bridgehead atoms. The number of halogens is 4. The van der Waals surface area contributed by atoms with E-state index in [1.165, 1.54) is 48.9 Å². The normalized spacial score (nSPS) is 12.7. The van der Waals surface area contributed by atoms with Gasteiger partial charge >= 0.3 is 6.18 Å². The second kappa shape index (κ2) is 8.43. The minimum atomic E-state index is -4.65. The molecule has 4 rings (SSSR count). The molecular weight excluding hydrogens is 458 g/mol. The lowest BCUT2D eigenvalue weighted by molar-refractivity contribution is -0.137. The topological polar surface area (TPSA) is 64.0 Å². The molecule has 0 aliphatic rings. The molecule has 10 heteroatoms. The monoisotopic (exact) mass is 475 g/mol. The first-order chi connectivity index (χ1) is 15.6. The van der Waals surface area contributed by atoms with Crippen LogP contribution in [0.2, 0.25) is 0 Å². The van der Waals surface area contributed by atoms with Crippen LogP contribution in [0.3, 0.4) is 0 Å². The van der Waals surface area contributed by atoms with Gasteiger partial charge in [-0.15, -0.1) is 11.3 Å². The number of aryl methyl sites for hydroxylation is 1. The van der Waals surface area contributed by atoms with Gasteiger partial charge in [0.25, 0.3) is 5.56 Å². The van der Waals surface area contributed by atoms with Crippen molar-refractivity contribution in [1.82, 2.24) is 9.55 Å². The molecule has 0 aliphatic heterocycles. The van der Waals surface area contributed by atoms with E-state index in [0.29, 0.717) is 16.0 Å². The average molecular weight is 475 g/mol. The van der Waals surface area contributed by atoms with Gasteiger partial charge < -0.3 is 5.32 Å². The largest absolute Gasteiger partial charge is 0.418 e. The van der Waals surface area contributed by atoms with E-state index < -0.39 is 40.8 Å². The lowest BCUT2D eigenvalue weighted by Gasteiger charge is -2.18. The van der Waals surface area contributed by atoms with Crippen LogP contribution in [0.4, 0.5) is 23.2 Å². The molecule has 0 spiro atoms. The zero-order valence-electron chi connectivity index (χ0n) is 17.4. The summed E-state index contributed by atoms with van der Waals surface area (Å²) in [6.45, 7) is 3.20. The average Bonchev–Trinajstić information content (AvgIpc) is 3.10. The highest BCUT2D eigenvalue weighted by Gasteiger charge is 2.34. The molecule has 170 valence electrons. The molecule has 2 heterocycles. The first kappa shape index (κ1) is 22.7. The molecule has 2 aromatic carbocycles. The Kier molecular flexibility index (Phi) is 5.79. The van der Waals surface area contributed by atoms with Crippen molar-refractivity contribution >= 4 is 33.1 Å². The Morgan fingerprint density at radius 3 is 2.45 bits per heavy atom. The molecule has 0 aliphatic carbocycles. The number of aromatic nitrogens is 2. The van der Waals surface area contributed by atoms with Crippen LogP contribution in [0.15, 0.2) is 59.7 Å². The van der Waals surface area contributed by atoms with Crippen molar-refractivity contribution < 1.29 is 22.4 Å². The van der Waals surface area contributed by atoms with Gasteiger partial charge in [0.15, 0.2) is 0 Å². The first-order valence-corrected chi connectivity index (χ1v) is 10.6. The van der Waals surface area contributed by atoms with Crippen molar-refractivity contribution in [3.05, 3.63) is 81.5 Å². The van der Waals surface area contributed by atoms with E-state index in [2.05, 4.69) is 10.3 Å². The quantitative estimate of drug-likeness (QED) is 0.380. The summed E-state index contributed by atoms with van der Waals surface area (Å²) in [7, 11) is 0. The van der Waals surface area contributed by atoms with Crippen LogP contribution < -0.4 is 10.9 Å². The summed E-state index contributed by atoms with van der Waals surface area (Å²) in [5, 5.41) is 2.53. The Morgan fingerprint density at radius 1 is 1.12 bits per heavy atom. The molecular formula is C23H17F4N3O2S. The number of carbonyl (C=O) groups is 1. The summed E-state index contributed by atoms with van der Waals surface area (Å²) in [5.41, 5.74) is -0.707. The number of fused-ring (bicyclic) bond motifs is 1. The predicted molar refractivity (Wildman–Crippen MR) is 119 cm³/mol. The highest BCUT2D eigenvalue weighted by molar-refractivity contribution is 7.19. The van der Waals surface area contributed by atoms with Gasteiger partial charge in [-0.05, 0) is 43.7 Å². The van der Waals surface area contributed by atoms with Crippen LogP contribution >= 0.6 is 11.3 Å². The van der Waals surface area contributed by atoms with Crippen molar-refractivity contribution in [1.29, 1.82) is 0 Å². The number of carbonyl (C=O) groups excluding carboxylic acids is 1. The Hall–Kier alpha value is -3.53. The summed E-state index contributed by atoms with van der Waals surface area (Å²) >= 11 is 1.28. The number of nitrogens with zero attached hydrogens (tertiary/aromatic N) is 2. The van der Waals surface area contributed by atoms with E-state index in [-0.39, 0.29) is 5.39 Å². The Labute approximate surface area is 189 Å². The number of benzene rings is 2. The lowest BCUT2D eigenvalue weighted by atomic mass is 10.0. The second-order valence-corrected chi connectivity index (χ2v) is 8.59. The maximum atomic E-state index is 13.4. The summed E-state index contributed by atoms with van der Waals surface area (Å²) in [6, 6.07) is 9.11. The molecule has 0 saturated carbocycles. The zero-order valence-corrected chi connectivity index (χ0v) is 18.2. The zero-order chi connectivity index (χ0) is 23.9. The molecule has 4 aromatic rings. The van der Waals surface area contributed by atoms with E-state index in [1.54, 1.807) is 19.1 Å². The number of hydrogen-bond donors (Lipinski definition) is 1.